The standard InChI is InChI=1S/C33H39FN6O3/c1-43-29-16-23(33(42)38-19-24(34)17-25(35)20-38)14-26-31(29)39(13-5-12-37-11-4-8-30(37)41)32(36-26)28-15-22-6-2-3-7-27(22)40(28)18-21-9-10-21/h2-3,6-7,14-16,21,24-25H,4-5,8-13,17-20,35H2,1H3/t24-,25-/m1/s1. The summed E-state index contributed by atoms with van der Waals surface area (Å²) in [5, 5.41) is 1.16. The van der Waals surface area contributed by atoms with E-state index in [9.17, 15) is 14.0 Å². The van der Waals surface area contributed by atoms with Crippen molar-refractivity contribution in [2.75, 3.05) is 33.3 Å². The summed E-state index contributed by atoms with van der Waals surface area (Å²) in [4.78, 5) is 34.5. The zero-order chi connectivity index (χ0) is 29.7. The van der Waals surface area contributed by atoms with Gasteiger partial charge in [0.2, 0.25) is 5.91 Å². The fraction of sp³-hybridized carbons (Fsp3) is 0.485. The summed E-state index contributed by atoms with van der Waals surface area (Å²) in [6.45, 7) is 3.39. The highest BCUT2D eigenvalue weighted by molar-refractivity contribution is 6.00. The molecule has 2 atom stereocenters. The summed E-state index contributed by atoms with van der Waals surface area (Å²) in [5.41, 5.74) is 10.1. The molecule has 10 heteroatoms. The number of hydrogen-bond donors (Lipinski definition) is 1. The lowest BCUT2D eigenvalue weighted by Crippen LogP contribution is -2.50. The molecule has 2 aromatic carbocycles. The number of ether oxygens (including phenoxy) is 1. The smallest absolute Gasteiger partial charge is 0.254 e. The van der Waals surface area contributed by atoms with Gasteiger partial charge in [-0.1, -0.05) is 18.2 Å². The number of para-hydroxylation sites is 1. The maximum atomic E-state index is 14.3. The molecule has 2 N–H and O–H groups in total. The van der Waals surface area contributed by atoms with Gasteiger partial charge in [-0.15, -0.1) is 0 Å². The van der Waals surface area contributed by atoms with Crippen LogP contribution in [0.3, 0.4) is 0 Å². The molecule has 0 radical (unpaired) electrons. The summed E-state index contributed by atoms with van der Waals surface area (Å²) in [5.74, 6) is 1.95. The number of hydrogen-bond acceptors (Lipinski definition) is 5. The van der Waals surface area contributed by atoms with Gasteiger partial charge in [-0.05, 0) is 62.3 Å². The molecule has 2 aliphatic heterocycles. The molecular formula is C33H39FN6O3. The van der Waals surface area contributed by atoms with Crippen molar-refractivity contribution < 1.29 is 18.7 Å². The minimum Gasteiger partial charge on any atom is -0.494 e. The van der Waals surface area contributed by atoms with Crippen LogP contribution in [0.15, 0.2) is 42.5 Å². The third-order valence-electron chi connectivity index (χ3n) is 9.15. The van der Waals surface area contributed by atoms with Gasteiger partial charge in [0.25, 0.3) is 5.91 Å². The quantitative estimate of drug-likeness (QED) is 0.309. The normalized spacial score (nSPS) is 21.0. The van der Waals surface area contributed by atoms with Crippen LogP contribution in [-0.2, 0) is 17.9 Å². The fourth-order valence-electron chi connectivity index (χ4n) is 6.86. The van der Waals surface area contributed by atoms with Crippen molar-refractivity contribution in [2.24, 2.45) is 11.7 Å². The number of alkyl halides is 1. The highest BCUT2D eigenvalue weighted by atomic mass is 19.1. The van der Waals surface area contributed by atoms with Crippen LogP contribution in [0.25, 0.3) is 33.5 Å². The topological polar surface area (TPSA) is 98.6 Å². The van der Waals surface area contributed by atoms with Gasteiger partial charge in [-0.2, -0.15) is 0 Å². The Hall–Kier alpha value is -3.92. The summed E-state index contributed by atoms with van der Waals surface area (Å²) >= 11 is 0. The molecular weight excluding hydrogens is 547 g/mol. The molecule has 4 heterocycles. The number of imidazole rings is 1. The number of benzene rings is 2. The van der Waals surface area contributed by atoms with Gasteiger partial charge in [0.1, 0.15) is 17.4 Å². The van der Waals surface area contributed by atoms with Crippen LogP contribution >= 0.6 is 0 Å². The second-order valence-electron chi connectivity index (χ2n) is 12.4. The predicted molar refractivity (Wildman–Crippen MR) is 164 cm³/mol. The maximum Gasteiger partial charge on any atom is 0.254 e. The Morgan fingerprint density at radius 3 is 2.70 bits per heavy atom. The summed E-state index contributed by atoms with van der Waals surface area (Å²) in [6.07, 6.45) is 3.88. The molecule has 0 unspecified atom stereocenters. The number of halogens is 1. The van der Waals surface area contributed by atoms with Crippen molar-refractivity contribution in [3.63, 3.8) is 0 Å². The Bertz CT molecular complexity index is 1680. The number of amides is 2. The molecule has 3 fully saturated rings. The molecule has 43 heavy (non-hydrogen) atoms. The van der Waals surface area contributed by atoms with E-state index in [-0.39, 0.29) is 30.8 Å². The van der Waals surface area contributed by atoms with E-state index < -0.39 is 6.17 Å². The van der Waals surface area contributed by atoms with E-state index in [0.29, 0.717) is 48.8 Å². The maximum absolute atomic E-state index is 14.3. The molecule has 9 nitrogen and oxygen atoms in total. The molecule has 2 amide bonds. The van der Waals surface area contributed by atoms with E-state index in [4.69, 9.17) is 15.5 Å². The predicted octanol–water partition coefficient (Wildman–Crippen LogP) is 4.60. The van der Waals surface area contributed by atoms with Crippen LogP contribution in [0.2, 0.25) is 0 Å². The number of aryl methyl sites for hydroxylation is 1. The number of carbonyl (C=O) groups excluding carboxylic acids is 2. The van der Waals surface area contributed by atoms with Gasteiger partial charge in [0.15, 0.2) is 5.82 Å². The van der Waals surface area contributed by atoms with Crippen LogP contribution in [0, 0.1) is 5.92 Å². The molecule has 0 bridgehead atoms. The second kappa shape index (κ2) is 11.3. The van der Waals surface area contributed by atoms with Crippen LogP contribution in [-0.4, -0.2) is 81.2 Å². The molecule has 3 aliphatic rings. The summed E-state index contributed by atoms with van der Waals surface area (Å²) in [7, 11) is 1.60. The lowest BCUT2D eigenvalue weighted by molar-refractivity contribution is -0.127. The monoisotopic (exact) mass is 586 g/mol. The molecule has 1 saturated carbocycles. The van der Waals surface area contributed by atoms with Crippen LogP contribution in [0.4, 0.5) is 4.39 Å². The molecule has 0 spiro atoms. The lowest BCUT2D eigenvalue weighted by Gasteiger charge is -2.33. The number of fused-ring (bicyclic) bond motifs is 2. The number of carbonyl (C=O) groups is 2. The number of nitrogens with zero attached hydrogens (tertiary/aromatic N) is 5. The first-order valence-corrected chi connectivity index (χ1v) is 15.5. The van der Waals surface area contributed by atoms with E-state index in [1.54, 1.807) is 19.2 Å². The molecule has 226 valence electrons. The Labute approximate surface area is 250 Å². The Morgan fingerprint density at radius 2 is 1.95 bits per heavy atom. The van der Waals surface area contributed by atoms with Gasteiger partial charge in [-0.3, -0.25) is 9.59 Å². The fourth-order valence-corrected chi connectivity index (χ4v) is 6.86. The van der Waals surface area contributed by atoms with Crippen molar-refractivity contribution in [1.29, 1.82) is 0 Å². The van der Waals surface area contributed by atoms with E-state index in [0.717, 1.165) is 48.4 Å². The molecule has 1 aliphatic carbocycles. The molecule has 4 aromatic rings. The van der Waals surface area contributed by atoms with E-state index >= 15 is 0 Å². The lowest BCUT2D eigenvalue weighted by atomic mass is 10.0. The Kier molecular flexibility index (Phi) is 7.33. The van der Waals surface area contributed by atoms with Gasteiger partial charge >= 0.3 is 0 Å². The van der Waals surface area contributed by atoms with E-state index in [2.05, 4.69) is 39.5 Å². The third-order valence-corrected chi connectivity index (χ3v) is 9.15. The highest BCUT2D eigenvalue weighted by Gasteiger charge is 2.31. The second-order valence-corrected chi connectivity index (χ2v) is 12.4. The average Bonchev–Trinajstić information content (AvgIpc) is 3.45. The van der Waals surface area contributed by atoms with Gasteiger partial charge in [0, 0.05) is 61.7 Å². The minimum absolute atomic E-state index is 0.0308. The Morgan fingerprint density at radius 1 is 1.12 bits per heavy atom. The number of nitrogens with two attached hydrogens (primary N) is 1. The van der Waals surface area contributed by atoms with Crippen molar-refractivity contribution in [3.8, 4) is 17.3 Å². The number of piperidine rings is 1. The van der Waals surface area contributed by atoms with Gasteiger partial charge in [0.05, 0.1) is 24.9 Å². The molecule has 7 rings (SSSR count). The van der Waals surface area contributed by atoms with Crippen molar-refractivity contribution in [2.45, 2.75) is 63.8 Å². The first kappa shape index (κ1) is 27.9. The van der Waals surface area contributed by atoms with Crippen molar-refractivity contribution in [1.82, 2.24) is 23.9 Å². The number of likely N-dealkylation sites (tertiary alicyclic amines) is 2. The van der Waals surface area contributed by atoms with Crippen LogP contribution in [0.5, 0.6) is 5.75 Å². The van der Waals surface area contributed by atoms with E-state index in [1.165, 1.54) is 23.3 Å². The average molecular weight is 587 g/mol. The third kappa shape index (κ3) is 5.37. The minimum atomic E-state index is -1.14. The van der Waals surface area contributed by atoms with Crippen molar-refractivity contribution in [3.05, 3.63) is 48.0 Å². The molecule has 2 aromatic heterocycles. The number of aromatic nitrogens is 3. The van der Waals surface area contributed by atoms with Crippen LogP contribution < -0.4 is 10.5 Å². The van der Waals surface area contributed by atoms with Crippen molar-refractivity contribution >= 4 is 33.8 Å². The summed E-state index contributed by atoms with van der Waals surface area (Å²) < 4.78 is 24.8. The number of methoxy groups -OCH3 is 1. The first-order valence-electron chi connectivity index (χ1n) is 15.5. The summed E-state index contributed by atoms with van der Waals surface area (Å²) in [6, 6.07) is 13.8. The molecule has 2 saturated heterocycles. The van der Waals surface area contributed by atoms with E-state index in [1.807, 2.05) is 4.90 Å². The first-order chi connectivity index (χ1) is 20.9. The largest absolute Gasteiger partial charge is 0.494 e. The number of rotatable bonds is 9. The SMILES string of the molecule is COc1cc(C(=O)N2C[C@H](N)C[C@@H](F)C2)cc2nc(-c3cc4ccccc4n3CC3CC3)n(CCCN3CCCC3=O)c12. The van der Waals surface area contributed by atoms with Gasteiger partial charge in [-0.25, -0.2) is 9.37 Å². The van der Waals surface area contributed by atoms with Gasteiger partial charge < -0.3 is 29.4 Å². The zero-order valence-electron chi connectivity index (χ0n) is 24.7. The van der Waals surface area contributed by atoms with Crippen LogP contribution in [0.1, 0.15) is 48.9 Å². The zero-order valence-corrected chi connectivity index (χ0v) is 24.7. The highest BCUT2D eigenvalue weighted by Crippen LogP contribution is 2.38. The Balaban J connectivity index is 1.33.